The molecule has 6 nitrogen and oxygen atoms in total. The molecule has 1 N–H and O–H groups in total. The van der Waals surface area contributed by atoms with E-state index in [9.17, 15) is 9.90 Å². The molecule has 0 amide bonds. The SMILES string of the molecule is Cc1cc(-c2ccccc2)c2c(C)c1N(CC(=O)O)c1ccc(cc1F)-c1noc-2n1. The maximum Gasteiger partial charge on any atom is 0.323 e. The Morgan fingerprint density at radius 3 is 2.58 bits per heavy atom. The number of aromatic nitrogens is 2. The molecule has 0 saturated heterocycles. The van der Waals surface area contributed by atoms with E-state index in [0.717, 1.165) is 22.3 Å². The van der Waals surface area contributed by atoms with Gasteiger partial charge in [0, 0.05) is 11.3 Å². The molecule has 0 unspecified atom stereocenters. The highest BCUT2D eigenvalue weighted by atomic mass is 19.1. The first-order valence-corrected chi connectivity index (χ1v) is 9.77. The molecule has 0 fully saturated rings. The Hall–Kier alpha value is -4.00. The number of carboxylic acid groups (broad SMARTS) is 1. The first kappa shape index (κ1) is 19.0. The summed E-state index contributed by atoms with van der Waals surface area (Å²) >= 11 is 0. The average molecular weight is 415 g/mol. The first-order chi connectivity index (χ1) is 14.9. The number of hydrogen-bond acceptors (Lipinski definition) is 5. The van der Waals surface area contributed by atoms with Crippen LogP contribution in [0, 0.1) is 19.7 Å². The van der Waals surface area contributed by atoms with Gasteiger partial charge in [-0.05, 0) is 60.4 Å². The molecule has 31 heavy (non-hydrogen) atoms. The van der Waals surface area contributed by atoms with Gasteiger partial charge in [0.15, 0.2) is 0 Å². The molecule has 6 bridgehead atoms. The molecule has 3 aromatic carbocycles. The number of anilines is 2. The fourth-order valence-electron chi connectivity index (χ4n) is 4.24. The van der Waals surface area contributed by atoms with Gasteiger partial charge in [-0.3, -0.25) is 4.79 Å². The van der Waals surface area contributed by atoms with E-state index >= 15 is 4.39 Å². The summed E-state index contributed by atoms with van der Waals surface area (Å²) in [5.74, 6) is -1.05. The van der Waals surface area contributed by atoms with E-state index in [1.807, 2.05) is 50.2 Å². The Morgan fingerprint density at radius 1 is 1.10 bits per heavy atom. The Kier molecular flexibility index (Phi) is 4.32. The first-order valence-electron chi connectivity index (χ1n) is 9.77. The number of carboxylic acids is 1. The largest absolute Gasteiger partial charge is 0.480 e. The molecule has 0 spiro atoms. The van der Waals surface area contributed by atoms with Crippen molar-refractivity contribution in [3.63, 3.8) is 0 Å². The summed E-state index contributed by atoms with van der Waals surface area (Å²) in [4.78, 5) is 17.7. The Morgan fingerprint density at radius 2 is 1.87 bits per heavy atom. The van der Waals surface area contributed by atoms with Crippen LogP contribution in [0.1, 0.15) is 11.1 Å². The summed E-state index contributed by atoms with van der Waals surface area (Å²) in [6, 6.07) is 16.3. The van der Waals surface area contributed by atoms with Crippen molar-refractivity contribution >= 4 is 17.3 Å². The van der Waals surface area contributed by atoms with Gasteiger partial charge < -0.3 is 14.5 Å². The lowest BCUT2D eigenvalue weighted by atomic mass is 9.91. The summed E-state index contributed by atoms with van der Waals surface area (Å²) in [7, 11) is 0. The third-order valence-corrected chi connectivity index (χ3v) is 5.52. The van der Waals surface area contributed by atoms with Gasteiger partial charge in [0.1, 0.15) is 12.4 Å². The number of fused-ring (bicyclic) bond motifs is 2. The second-order valence-electron chi connectivity index (χ2n) is 7.52. The molecule has 3 heterocycles. The van der Waals surface area contributed by atoms with Gasteiger partial charge in [-0.1, -0.05) is 35.5 Å². The molecule has 7 heteroatoms. The van der Waals surface area contributed by atoms with Crippen molar-refractivity contribution in [3.8, 4) is 34.0 Å². The van der Waals surface area contributed by atoms with Crippen molar-refractivity contribution in [2.24, 2.45) is 0 Å². The number of aliphatic carboxylic acids is 1. The summed E-state index contributed by atoms with van der Waals surface area (Å²) in [5, 5.41) is 13.6. The smallest absolute Gasteiger partial charge is 0.323 e. The van der Waals surface area contributed by atoms with E-state index in [-0.39, 0.29) is 11.5 Å². The average Bonchev–Trinajstić information content (AvgIpc) is 3.22. The van der Waals surface area contributed by atoms with E-state index < -0.39 is 18.3 Å². The number of rotatable bonds is 3. The van der Waals surface area contributed by atoms with Crippen molar-refractivity contribution in [1.29, 1.82) is 0 Å². The highest BCUT2D eigenvalue weighted by Gasteiger charge is 2.28. The van der Waals surface area contributed by atoms with E-state index in [2.05, 4.69) is 10.1 Å². The van der Waals surface area contributed by atoms with Crippen LogP contribution in [0.25, 0.3) is 34.0 Å². The molecule has 154 valence electrons. The van der Waals surface area contributed by atoms with E-state index in [4.69, 9.17) is 4.52 Å². The summed E-state index contributed by atoms with van der Waals surface area (Å²) in [6.45, 7) is 3.36. The molecule has 0 atom stereocenters. The Bertz CT molecular complexity index is 1330. The Balaban J connectivity index is 1.91. The van der Waals surface area contributed by atoms with Crippen molar-refractivity contribution in [2.45, 2.75) is 13.8 Å². The standard InChI is InChI=1S/C24H18FN3O3/c1-13-10-17(15-6-4-3-5-7-15)21-14(2)22(13)28(12-20(29)30)19-9-8-16(11-18(19)25)23-26-24(21)31-27-23/h3-11H,12H2,1-2H3,(H,29,30). The van der Waals surface area contributed by atoms with Gasteiger partial charge in [0.05, 0.1) is 11.3 Å². The third kappa shape index (κ3) is 3.06. The van der Waals surface area contributed by atoms with Crippen LogP contribution in [0.2, 0.25) is 0 Å². The van der Waals surface area contributed by atoms with E-state index in [1.54, 1.807) is 12.1 Å². The van der Waals surface area contributed by atoms with Crippen LogP contribution < -0.4 is 4.90 Å². The molecule has 2 aliphatic heterocycles. The number of carbonyl (C=O) groups is 1. The van der Waals surface area contributed by atoms with Gasteiger partial charge in [0.25, 0.3) is 5.89 Å². The van der Waals surface area contributed by atoms with Crippen LogP contribution >= 0.6 is 0 Å². The number of aryl methyl sites for hydroxylation is 1. The second kappa shape index (κ2) is 7.05. The summed E-state index contributed by atoms with van der Waals surface area (Å²) in [5.41, 5.74) is 5.32. The molecule has 0 radical (unpaired) electrons. The van der Waals surface area contributed by atoms with Crippen LogP contribution in [-0.4, -0.2) is 27.8 Å². The number of benzene rings is 3. The monoisotopic (exact) mass is 415 g/mol. The fourth-order valence-corrected chi connectivity index (χ4v) is 4.24. The molecule has 0 saturated carbocycles. The van der Waals surface area contributed by atoms with Crippen molar-refractivity contribution in [1.82, 2.24) is 10.1 Å². The fraction of sp³-hybridized carbons (Fsp3) is 0.125. The minimum Gasteiger partial charge on any atom is -0.480 e. The van der Waals surface area contributed by atoms with Crippen molar-refractivity contribution in [2.75, 3.05) is 11.4 Å². The van der Waals surface area contributed by atoms with Crippen molar-refractivity contribution < 1.29 is 18.8 Å². The number of nitrogens with zero attached hydrogens (tertiary/aromatic N) is 3. The quantitative estimate of drug-likeness (QED) is 0.485. The molecule has 4 aromatic rings. The zero-order chi connectivity index (χ0) is 21.7. The molecule has 6 rings (SSSR count). The minimum absolute atomic E-state index is 0.181. The molecular weight excluding hydrogens is 397 g/mol. The molecule has 2 aliphatic rings. The number of hydrogen-bond donors (Lipinski definition) is 1. The van der Waals surface area contributed by atoms with Crippen LogP contribution in [0.3, 0.4) is 0 Å². The highest BCUT2D eigenvalue weighted by molar-refractivity contribution is 5.91. The molecule has 0 aliphatic carbocycles. The number of halogens is 1. The highest BCUT2D eigenvalue weighted by Crippen LogP contribution is 2.44. The van der Waals surface area contributed by atoms with Gasteiger partial charge in [0.2, 0.25) is 5.82 Å². The van der Waals surface area contributed by atoms with Crippen LogP contribution in [0.4, 0.5) is 15.8 Å². The lowest BCUT2D eigenvalue weighted by molar-refractivity contribution is -0.135. The van der Waals surface area contributed by atoms with Crippen LogP contribution in [-0.2, 0) is 4.79 Å². The van der Waals surface area contributed by atoms with Crippen LogP contribution in [0.15, 0.2) is 59.1 Å². The lowest BCUT2D eigenvalue weighted by Gasteiger charge is -2.29. The molecule has 1 aromatic heterocycles. The topological polar surface area (TPSA) is 79.5 Å². The second-order valence-corrected chi connectivity index (χ2v) is 7.52. The lowest BCUT2D eigenvalue weighted by Crippen LogP contribution is -2.27. The van der Waals surface area contributed by atoms with E-state index in [1.165, 1.54) is 11.0 Å². The predicted molar refractivity (Wildman–Crippen MR) is 115 cm³/mol. The van der Waals surface area contributed by atoms with E-state index in [0.29, 0.717) is 22.7 Å². The zero-order valence-corrected chi connectivity index (χ0v) is 16.9. The predicted octanol–water partition coefficient (Wildman–Crippen LogP) is 5.36. The van der Waals surface area contributed by atoms with Gasteiger partial charge in [-0.15, -0.1) is 0 Å². The maximum atomic E-state index is 15.1. The zero-order valence-electron chi connectivity index (χ0n) is 16.9. The van der Waals surface area contributed by atoms with Gasteiger partial charge in [-0.25, -0.2) is 4.39 Å². The van der Waals surface area contributed by atoms with Crippen LogP contribution in [0.5, 0.6) is 0 Å². The summed E-state index contributed by atoms with van der Waals surface area (Å²) < 4.78 is 20.7. The minimum atomic E-state index is -1.06. The molecular formula is C24H18FN3O3. The van der Waals surface area contributed by atoms with Gasteiger partial charge >= 0.3 is 5.97 Å². The summed E-state index contributed by atoms with van der Waals surface area (Å²) in [6.07, 6.45) is 0. The van der Waals surface area contributed by atoms with Crippen molar-refractivity contribution in [3.05, 3.63) is 71.5 Å². The normalized spacial score (nSPS) is 12.0. The third-order valence-electron chi connectivity index (χ3n) is 5.52. The maximum absolute atomic E-state index is 15.1. The Labute approximate surface area is 177 Å². The van der Waals surface area contributed by atoms with Gasteiger partial charge in [-0.2, -0.15) is 4.98 Å².